The first-order chi connectivity index (χ1) is 12.9. The van der Waals surface area contributed by atoms with Gasteiger partial charge in [-0.3, -0.25) is 4.79 Å². The highest BCUT2D eigenvalue weighted by molar-refractivity contribution is 7.89. The first-order valence-corrected chi connectivity index (χ1v) is 11.4. The molecule has 0 aliphatic heterocycles. The Labute approximate surface area is 163 Å². The molecule has 2 rings (SSSR count). The Kier molecular flexibility index (Phi) is 6.77. The quantitative estimate of drug-likeness (QED) is 0.593. The number of benzene rings is 1. The highest BCUT2D eigenvalue weighted by Crippen LogP contribution is 2.13. The zero-order valence-corrected chi connectivity index (χ0v) is 17.0. The van der Waals surface area contributed by atoms with Gasteiger partial charge in [0, 0.05) is 19.7 Å². The first kappa shape index (κ1) is 21.8. The van der Waals surface area contributed by atoms with Crippen molar-refractivity contribution in [2.45, 2.75) is 18.0 Å². The number of hydrogen-bond acceptors (Lipinski definition) is 6. The van der Waals surface area contributed by atoms with Crippen molar-refractivity contribution in [2.24, 2.45) is 5.14 Å². The van der Waals surface area contributed by atoms with Crippen molar-refractivity contribution in [2.75, 3.05) is 13.3 Å². The molecule has 0 radical (unpaired) electrons. The third-order valence-corrected chi connectivity index (χ3v) is 5.94. The Morgan fingerprint density at radius 3 is 2.36 bits per heavy atom. The first-order valence-electron chi connectivity index (χ1n) is 8.03. The summed E-state index contributed by atoms with van der Waals surface area (Å²) in [5.74, 6) is 0.481. The van der Waals surface area contributed by atoms with Gasteiger partial charge in [0.05, 0.1) is 17.7 Å². The van der Waals surface area contributed by atoms with Gasteiger partial charge in [0.2, 0.25) is 26.0 Å². The van der Waals surface area contributed by atoms with E-state index in [1.165, 1.54) is 31.3 Å². The van der Waals surface area contributed by atoms with E-state index in [9.17, 15) is 21.6 Å². The van der Waals surface area contributed by atoms with Crippen molar-refractivity contribution in [1.82, 2.24) is 9.62 Å². The van der Waals surface area contributed by atoms with Crippen molar-refractivity contribution in [3.05, 3.63) is 59.6 Å². The topological polar surface area (TPSA) is 140 Å². The maximum Gasteiger partial charge on any atom is 0.244 e. The minimum atomic E-state index is -3.75. The molecule has 28 heavy (non-hydrogen) atoms. The van der Waals surface area contributed by atoms with E-state index in [1.807, 2.05) is 0 Å². The molecule has 152 valence electrons. The monoisotopic (exact) mass is 427 g/mol. The van der Waals surface area contributed by atoms with Crippen LogP contribution < -0.4 is 10.5 Å². The number of nitrogens with zero attached hydrogens (tertiary/aromatic N) is 1. The van der Waals surface area contributed by atoms with Gasteiger partial charge < -0.3 is 9.73 Å². The predicted octanol–water partition coefficient (Wildman–Crippen LogP) is 0.648. The number of carbonyl (C=O) groups is 1. The van der Waals surface area contributed by atoms with Gasteiger partial charge in [0.25, 0.3) is 0 Å². The Balaban J connectivity index is 1.89. The van der Waals surface area contributed by atoms with Crippen LogP contribution in [0.4, 0.5) is 0 Å². The summed E-state index contributed by atoms with van der Waals surface area (Å²) >= 11 is 0. The van der Waals surface area contributed by atoms with E-state index in [-0.39, 0.29) is 23.9 Å². The molecular weight excluding hydrogens is 406 g/mol. The maximum atomic E-state index is 11.9. The lowest BCUT2D eigenvalue weighted by molar-refractivity contribution is -0.116. The van der Waals surface area contributed by atoms with E-state index >= 15 is 0 Å². The Bertz CT molecular complexity index is 1070. The van der Waals surface area contributed by atoms with Crippen LogP contribution in [0.2, 0.25) is 0 Å². The van der Waals surface area contributed by atoms with Crippen LogP contribution in [0, 0.1) is 0 Å². The van der Waals surface area contributed by atoms with Crippen LogP contribution >= 0.6 is 0 Å². The highest BCUT2D eigenvalue weighted by atomic mass is 32.2. The third-order valence-electron chi connectivity index (χ3n) is 3.74. The minimum Gasteiger partial charge on any atom is -0.460 e. The number of nitrogens with two attached hydrogens (primary N) is 1. The van der Waals surface area contributed by atoms with Crippen molar-refractivity contribution in [3.63, 3.8) is 0 Å². The van der Waals surface area contributed by atoms with Gasteiger partial charge in [0.1, 0.15) is 11.5 Å². The number of amides is 1. The number of primary sulfonamides is 1. The second-order valence-electron chi connectivity index (χ2n) is 6.06. The van der Waals surface area contributed by atoms with Crippen LogP contribution in [-0.2, 0) is 37.9 Å². The predicted molar refractivity (Wildman–Crippen MR) is 104 cm³/mol. The number of furan rings is 1. The van der Waals surface area contributed by atoms with E-state index in [0.29, 0.717) is 17.1 Å². The van der Waals surface area contributed by atoms with Gasteiger partial charge in [-0.2, -0.15) is 4.31 Å². The molecule has 0 unspecified atom stereocenters. The van der Waals surface area contributed by atoms with Gasteiger partial charge in [-0.15, -0.1) is 0 Å². The molecule has 1 aromatic carbocycles. The fraction of sp³-hybridized carbons (Fsp3) is 0.235. The molecule has 0 aliphatic carbocycles. The fourth-order valence-corrected chi connectivity index (χ4v) is 2.99. The summed E-state index contributed by atoms with van der Waals surface area (Å²) in [6, 6.07) is 9.10. The largest absolute Gasteiger partial charge is 0.460 e. The lowest BCUT2D eigenvalue weighted by Gasteiger charge is -2.11. The van der Waals surface area contributed by atoms with Gasteiger partial charge in [-0.05, 0) is 35.9 Å². The summed E-state index contributed by atoms with van der Waals surface area (Å²) < 4.78 is 51.8. The fourth-order valence-electron chi connectivity index (χ4n) is 2.11. The molecule has 0 saturated heterocycles. The maximum absolute atomic E-state index is 11.9. The number of carbonyl (C=O) groups excluding carboxylic acids is 1. The summed E-state index contributed by atoms with van der Waals surface area (Å²) in [5.41, 5.74) is 0.707. The smallest absolute Gasteiger partial charge is 0.244 e. The van der Waals surface area contributed by atoms with Crippen molar-refractivity contribution in [3.8, 4) is 0 Å². The summed E-state index contributed by atoms with van der Waals surface area (Å²) in [4.78, 5) is 11.9. The standard InChI is InChI=1S/C17H21N3O6S2/c1-20(27(2,22)23)12-15-6-5-14(26-15)7-10-17(21)19-11-13-3-8-16(9-4-13)28(18,24)25/h3-10H,11-12H2,1-2H3,(H,19,21)(H2,18,24,25)/b10-7+. The number of rotatable bonds is 8. The van der Waals surface area contributed by atoms with Crippen molar-refractivity contribution >= 4 is 32.0 Å². The second-order valence-corrected chi connectivity index (χ2v) is 9.71. The second kappa shape index (κ2) is 8.69. The number of nitrogens with one attached hydrogen (secondary N) is 1. The van der Waals surface area contributed by atoms with Crippen LogP contribution in [0.15, 0.2) is 51.8 Å². The molecule has 1 amide bonds. The van der Waals surface area contributed by atoms with Gasteiger partial charge in [-0.1, -0.05) is 12.1 Å². The molecule has 1 aromatic heterocycles. The lowest BCUT2D eigenvalue weighted by atomic mass is 10.2. The lowest BCUT2D eigenvalue weighted by Crippen LogP contribution is -2.24. The Morgan fingerprint density at radius 2 is 1.79 bits per heavy atom. The molecule has 0 fully saturated rings. The summed E-state index contributed by atoms with van der Waals surface area (Å²) in [5, 5.41) is 7.68. The summed E-state index contributed by atoms with van der Waals surface area (Å²) in [6.07, 6.45) is 3.84. The van der Waals surface area contributed by atoms with Gasteiger partial charge in [-0.25, -0.2) is 22.0 Å². The van der Waals surface area contributed by atoms with E-state index in [1.54, 1.807) is 24.3 Å². The molecular formula is C17H21N3O6S2. The normalized spacial score (nSPS) is 12.6. The zero-order chi connectivity index (χ0) is 20.9. The van der Waals surface area contributed by atoms with Crippen LogP contribution in [0.5, 0.6) is 0 Å². The third kappa shape index (κ3) is 6.60. The molecule has 0 atom stereocenters. The molecule has 1 heterocycles. The molecule has 3 N–H and O–H groups in total. The summed E-state index contributed by atoms with van der Waals surface area (Å²) in [6.45, 7) is 0.296. The molecule has 0 saturated carbocycles. The number of hydrogen-bond donors (Lipinski definition) is 2. The molecule has 9 nitrogen and oxygen atoms in total. The van der Waals surface area contributed by atoms with Crippen LogP contribution in [0.1, 0.15) is 17.1 Å². The van der Waals surface area contributed by atoms with E-state index in [4.69, 9.17) is 9.56 Å². The molecule has 0 aliphatic rings. The van der Waals surface area contributed by atoms with Crippen LogP contribution in [0.25, 0.3) is 6.08 Å². The van der Waals surface area contributed by atoms with Crippen molar-refractivity contribution < 1.29 is 26.0 Å². The van der Waals surface area contributed by atoms with Gasteiger partial charge in [0.15, 0.2) is 0 Å². The molecule has 2 aromatic rings. The Morgan fingerprint density at radius 1 is 1.14 bits per heavy atom. The van der Waals surface area contributed by atoms with E-state index in [2.05, 4.69) is 5.32 Å². The van der Waals surface area contributed by atoms with Crippen molar-refractivity contribution in [1.29, 1.82) is 0 Å². The average molecular weight is 428 g/mol. The molecule has 0 spiro atoms. The average Bonchev–Trinajstić information content (AvgIpc) is 3.04. The number of sulfonamides is 2. The SMILES string of the molecule is CN(Cc1ccc(/C=C/C(=O)NCc2ccc(S(N)(=O)=O)cc2)o1)S(C)(=O)=O. The molecule has 0 bridgehead atoms. The zero-order valence-electron chi connectivity index (χ0n) is 15.3. The summed E-state index contributed by atoms with van der Waals surface area (Å²) in [7, 11) is -5.62. The molecule has 11 heteroatoms. The highest BCUT2D eigenvalue weighted by Gasteiger charge is 2.13. The van der Waals surface area contributed by atoms with Gasteiger partial charge >= 0.3 is 0 Å². The van der Waals surface area contributed by atoms with Crippen LogP contribution in [0.3, 0.4) is 0 Å². The Hall–Kier alpha value is -2.47. The van der Waals surface area contributed by atoms with E-state index in [0.717, 1.165) is 10.6 Å². The minimum absolute atomic E-state index is 0.00221. The van der Waals surface area contributed by atoms with Crippen LogP contribution in [-0.4, -0.2) is 40.4 Å². The van der Waals surface area contributed by atoms with E-state index < -0.39 is 20.0 Å².